The van der Waals surface area contributed by atoms with Gasteiger partial charge in [-0.2, -0.15) is 0 Å². The average molecular weight is 535 g/mol. The van der Waals surface area contributed by atoms with Gasteiger partial charge in [0.2, 0.25) is 8.32 Å². The van der Waals surface area contributed by atoms with Crippen molar-refractivity contribution in [2.24, 2.45) is 28.6 Å². The fraction of sp³-hybridized carbons (Fsp3) is 0.871. The van der Waals surface area contributed by atoms with Crippen LogP contribution in [-0.4, -0.2) is 46.3 Å². The van der Waals surface area contributed by atoms with E-state index in [1.165, 1.54) is 16.9 Å². The van der Waals surface area contributed by atoms with Crippen molar-refractivity contribution in [3.05, 3.63) is 23.5 Å². The van der Waals surface area contributed by atoms with Crippen LogP contribution in [0.1, 0.15) is 88.0 Å². The van der Waals surface area contributed by atoms with Gasteiger partial charge in [0.25, 0.3) is 0 Å². The van der Waals surface area contributed by atoms with Crippen molar-refractivity contribution in [3.63, 3.8) is 0 Å². The fourth-order valence-corrected chi connectivity index (χ4v) is 8.82. The van der Waals surface area contributed by atoms with Crippen molar-refractivity contribution in [3.8, 4) is 0 Å². The van der Waals surface area contributed by atoms with Gasteiger partial charge in [-0.25, -0.2) is 0 Å². The number of methoxy groups -OCH3 is 1. The maximum atomic E-state index is 7.10. The second-order valence-corrected chi connectivity index (χ2v) is 19.9. The van der Waals surface area contributed by atoms with Gasteiger partial charge in [-0.1, -0.05) is 48.1 Å². The molecular formula is C31H54O5Si. The molecule has 0 aromatic carbocycles. The molecule has 0 amide bonds. The summed E-state index contributed by atoms with van der Waals surface area (Å²) in [5, 5.41) is 0.148. The maximum absolute atomic E-state index is 7.10. The van der Waals surface area contributed by atoms with Gasteiger partial charge in [-0.15, -0.1) is 0 Å². The van der Waals surface area contributed by atoms with Gasteiger partial charge >= 0.3 is 0 Å². The smallest absolute Gasteiger partial charge is 0.250 e. The highest BCUT2D eigenvalue weighted by Crippen LogP contribution is 2.63. The Hall–Kier alpha value is -0.663. The van der Waals surface area contributed by atoms with E-state index in [1.807, 2.05) is 0 Å². The third-order valence-electron chi connectivity index (χ3n) is 11.0. The Morgan fingerprint density at radius 1 is 1.08 bits per heavy atom. The van der Waals surface area contributed by atoms with Crippen molar-refractivity contribution in [2.75, 3.05) is 13.9 Å². The van der Waals surface area contributed by atoms with Crippen molar-refractivity contribution in [2.45, 2.75) is 130 Å². The predicted molar refractivity (Wildman–Crippen MR) is 152 cm³/mol. The molecular weight excluding hydrogens is 480 g/mol. The summed E-state index contributed by atoms with van der Waals surface area (Å²) in [5.41, 5.74) is 2.55. The van der Waals surface area contributed by atoms with Crippen molar-refractivity contribution in [1.82, 2.24) is 0 Å². The quantitative estimate of drug-likeness (QED) is 0.204. The lowest BCUT2D eigenvalue weighted by atomic mass is 9.49. The molecule has 4 aliphatic rings. The lowest BCUT2D eigenvalue weighted by Crippen LogP contribution is -2.58. The zero-order valence-corrected chi connectivity index (χ0v) is 26.7. The minimum absolute atomic E-state index is 0.0139. The topological polar surface area (TPSA) is 46.2 Å². The monoisotopic (exact) mass is 534 g/mol. The number of fused-ring (bicyclic) bond motifs is 6. The first-order chi connectivity index (χ1) is 16.9. The minimum atomic E-state index is -1.99. The van der Waals surface area contributed by atoms with Crippen LogP contribution in [0.15, 0.2) is 23.5 Å². The molecule has 2 unspecified atom stereocenters. The van der Waals surface area contributed by atoms with Gasteiger partial charge in [0.15, 0.2) is 5.79 Å². The number of hydrogen-bond donors (Lipinski definition) is 0. The minimum Gasteiger partial charge on any atom is -0.547 e. The lowest BCUT2D eigenvalue weighted by molar-refractivity contribution is -0.166. The summed E-state index contributed by atoms with van der Waals surface area (Å²) in [6.07, 6.45) is 4.00. The third-order valence-corrected chi connectivity index (χ3v) is 15.4. The van der Waals surface area contributed by atoms with Crippen LogP contribution in [-0.2, 0) is 23.4 Å². The Bertz CT molecular complexity index is 928. The highest BCUT2D eigenvalue weighted by atomic mass is 28.4. The first kappa shape index (κ1) is 29.3. The normalized spacial score (nSPS) is 39.5. The molecule has 3 fully saturated rings. The number of allylic oxidation sites excluding steroid dienone is 1. The van der Waals surface area contributed by atoms with Crippen LogP contribution < -0.4 is 0 Å². The molecule has 6 heteroatoms. The molecule has 3 aliphatic carbocycles. The zero-order valence-electron chi connectivity index (χ0n) is 25.7. The van der Waals surface area contributed by atoms with E-state index in [2.05, 4.69) is 82.0 Å². The average Bonchev–Trinajstić information content (AvgIpc) is 3.07. The summed E-state index contributed by atoms with van der Waals surface area (Å²) in [7, 11) is -0.304. The molecule has 0 aromatic rings. The van der Waals surface area contributed by atoms with Crippen LogP contribution in [0.25, 0.3) is 0 Å². The van der Waals surface area contributed by atoms with Gasteiger partial charge in [0.1, 0.15) is 6.79 Å². The van der Waals surface area contributed by atoms with Crippen molar-refractivity contribution in [1.29, 1.82) is 0 Å². The molecule has 0 spiro atoms. The fourth-order valence-electron chi connectivity index (χ4n) is 7.65. The summed E-state index contributed by atoms with van der Waals surface area (Å²) in [5.74, 6) is 1.57. The largest absolute Gasteiger partial charge is 0.547 e. The van der Waals surface area contributed by atoms with Crippen LogP contribution in [0.3, 0.4) is 0 Å². The van der Waals surface area contributed by atoms with E-state index in [-0.39, 0.29) is 46.0 Å². The maximum Gasteiger partial charge on any atom is 0.250 e. The molecule has 0 aromatic heterocycles. The molecule has 4 rings (SSSR count). The number of rotatable bonds is 5. The zero-order chi connectivity index (χ0) is 27.8. The van der Waals surface area contributed by atoms with E-state index in [9.17, 15) is 0 Å². The van der Waals surface area contributed by atoms with Crippen LogP contribution in [0.4, 0.5) is 0 Å². The van der Waals surface area contributed by atoms with Gasteiger partial charge in [-0.05, 0) is 86.6 Å². The summed E-state index contributed by atoms with van der Waals surface area (Å²) in [6.45, 7) is 30.5. The first-order valence-electron chi connectivity index (χ1n) is 14.4. The second-order valence-electron chi connectivity index (χ2n) is 15.2. The Balaban J connectivity index is 1.82. The van der Waals surface area contributed by atoms with Crippen molar-refractivity contribution >= 4 is 8.32 Å². The molecule has 2 bridgehead atoms. The van der Waals surface area contributed by atoms with E-state index in [0.717, 1.165) is 25.7 Å². The van der Waals surface area contributed by atoms with E-state index < -0.39 is 14.1 Å². The van der Waals surface area contributed by atoms with Gasteiger partial charge in [-0.3, -0.25) is 0 Å². The van der Waals surface area contributed by atoms with E-state index >= 15 is 0 Å². The van der Waals surface area contributed by atoms with Crippen LogP contribution in [0.2, 0.25) is 18.1 Å². The molecule has 7 atom stereocenters. The van der Waals surface area contributed by atoms with Gasteiger partial charge < -0.3 is 23.4 Å². The molecule has 0 radical (unpaired) electrons. The highest BCUT2D eigenvalue weighted by molar-refractivity contribution is 6.74. The van der Waals surface area contributed by atoms with Crippen LogP contribution in [0.5, 0.6) is 0 Å². The molecule has 1 saturated heterocycles. The summed E-state index contributed by atoms with van der Waals surface area (Å²) >= 11 is 0. The Kier molecular flexibility index (Phi) is 7.50. The van der Waals surface area contributed by atoms with Gasteiger partial charge in [0, 0.05) is 24.9 Å². The Morgan fingerprint density at radius 2 is 1.73 bits per heavy atom. The third kappa shape index (κ3) is 4.92. The van der Waals surface area contributed by atoms with Crippen LogP contribution in [0, 0.1) is 28.6 Å². The molecule has 0 N–H and O–H groups in total. The van der Waals surface area contributed by atoms with E-state index in [1.54, 1.807) is 7.11 Å². The second kappa shape index (κ2) is 9.47. The molecule has 1 aliphatic heterocycles. The SMILES string of the molecule is C=C1[C@@H](OCOC)CC[C@]2(C)[C@@H]1CC1CC(O[Si](C)(C)C(C)(C)C)=C(C)C([C@H]3OC(C)(C)O[C@@H]32)C1(C)C. The lowest BCUT2D eigenvalue weighted by Gasteiger charge is -2.58. The van der Waals surface area contributed by atoms with E-state index in [4.69, 9.17) is 23.4 Å². The Morgan fingerprint density at radius 3 is 2.32 bits per heavy atom. The molecule has 1 heterocycles. The first-order valence-corrected chi connectivity index (χ1v) is 17.3. The summed E-state index contributed by atoms with van der Waals surface area (Å²) in [6, 6.07) is 0. The predicted octanol–water partition coefficient (Wildman–Crippen LogP) is 7.83. The number of ether oxygens (including phenoxy) is 4. The summed E-state index contributed by atoms with van der Waals surface area (Å²) in [4.78, 5) is 0. The molecule has 37 heavy (non-hydrogen) atoms. The van der Waals surface area contributed by atoms with Crippen LogP contribution >= 0.6 is 0 Å². The summed E-state index contributed by atoms with van der Waals surface area (Å²) < 4.78 is 32.3. The van der Waals surface area contributed by atoms with E-state index in [0.29, 0.717) is 12.7 Å². The Labute approximate surface area is 227 Å². The number of hydrogen-bond acceptors (Lipinski definition) is 5. The highest BCUT2D eigenvalue weighted by Gasteiger charge is 2.64. The standard InChI is InChI=1S/C31H54O5Si/c1-19-22-16-21-17-24(36-37(12,13)28(3,4)5)20(2)25(29(21,6)7)26-27(35-30(8,9)34-26)31(22,10)15-14-23(19)33-18-32-11/h21-23,25-27H,1,14-18H2,2-13H3/t21?,22-,23+,25?,26-,27+,31-/m1/s1. The van der Waals surface area contributed by atoms with Gasteiger partial charge in [0.05, 0.1) is 24.1 Å². The van der Waals surface area contributed by atoms with Crippen molar-refractivity contribution < 1.29 is 23.4 Å². The molecule has 2 saturated carbocycles. The molecule has 212 valence electrons. The molecule has 5 nitrogen and oxygen atoms in total.